The molecule has 1 aliphatic heterocycles. The van der Waals surface area contributed by atoms with Crippen molar-refractivity contribution in [3.8, 4) is 0 Å². The number of hydrogen-bond donors (Lipinski definition) is 1. The van der Waals surface area contributed by atoms with E-state index in [2.05, 4.69) is 42.3 Å². The molecule has 1 fully saturated rings. The van der Waals surface area contributed by atoms with Crippen molar-refractivity contribution in [3.05, 3.63) is 42.3 Å². The second kappa shape index (κ2) is 7.01. The molecular formula is C16H23N2S. The zero-order chi connectivity index (χ0) is 13.7. The van der Waals surface area contributed by atoms with Gasteiger partial charge in [-0.2, -0.15) is 0 Å². The van der Waals surface area contributed by atoms with Gasteiger partial charge in [0.1, 0.15) is 4.99 Å². The van der Waals surface area contributed by atoms with Crippen molar-refractivity contribution in [2.75, 3.05) is 19.6 Å². The number of rotatable bonds is 4. The molecule has 0 saturated carbocycles. The Bertz CT molecular complexity index is 423. The highest BCUT2D eigenvalue weighted by Crippen LogP contribution is 2.13. The third kappa shape index (κ3) is 4.02. The molecular weight excluding hydrogens is 252 g/mol. The summed E-state index contributed by atoms with van der Waals surface area (Å²) in [5.41, 5.74) is 2.41. The molecule has 1 heterocycles. The van der Waals surface area contributed by atoms with Gasteiger partial charge in [-0.25, -0.2) is 0 Å². The van der Waals surface area contributed by atoms with Crippen LogP contribution >= 0.6 is 12.2 Å². The van der Waals surface area contributed by atoms with Crippen molar-refractivity contribution in [2.24, 2.45) is 0 Å². The van der Waals surface area contributed by atoms with E-state index in [1.807, 2.05) is 6.07 Å². The molecule has 3 heteroatoms. The van der Waals surface area contributed by atoms with Crippen LogP contribution in [0.4, 0.5) is 0 Å². The van der Waals surface area contributed by atoms with Gasteiger partial charge in [-0.05, 0) is 38.3 Å². The van der Waals surface area contributed by atoms with Gasteiger partial charge < -0.3 is 10.2 Å². The van der Waals surface area contributed by atoms with Gasteiger partial charge in [-0.15, -0.1) is 0 Å². The summed E-state index contributed by atoms with van der Waals surface area (Å²) in [5.74, 6) is 0. The zero-order valence-electron chi connectivity index (χ0n) is 11.7. The van der Waals surface area contributed by atoms with Crippen LogP contribution in [0.3, 0.4) is 0 Å². The third-order valence-corrected chi connectivity index (χ3v) is 4.12. The second-order valence-corrected chi connectivity index (χ2v) is 5.67. The molecule has 0 amide bonds. The minimum Gasteiger partial charge on any atom is -0.373 e. The number of thiocarbonyl (C=S) groups is 1. The van der Waals surface area contributed by atoms with Crippen molar-refractivity contribution >= 4 is 17.2 Å². The maximum Gasteiger partial charge on any atom is 0.107 e. The molecule has 0 spiro atoms. The standard InChI is InChI=1S/C16H23N2S/c1-3-10-18-11-8-14(9-12-18)17-16(19)15-7-5-4-6-13(15)2/h4-7,14H,1,3,8-12H2,2H3,(H,17,19). The highest BCUT2D eigenvalue weighted by Gasteiger charge is 2.19. The molecule has 1 N–H and O–H groups in total. The predicted octanol–water partition coefficient (Wildman–Crippen LogP) is 2.95. The Hall–Kier alpha value is -0.930. The molecule has 1 saturated heterocycles. The first-order valence-electron chi connectivity index (χ1n) is 7.09. The Morgan fingerprint density at radius 3 is 2.68 bits per heavy atom. The number of nitrogens with one attached hydrogen (secondary N) is 1. The van der Waals surface area contributed by atoms with E-state index in [1.54, 1.807) is 0 Å². The van der Waals surface area contributed by atoms with Crippen molar-refractivity contribution in [1.29, 1.82) is 0 Å². The highest BCUT2D eigenvalue weighted by molar-refractivity contribution is 7.80. The molecule has 0 aliphatic carbocycles. The normalized spacial score (nSPS) is 17.4. The lowest BCUT2D eigenvalue weighted by atomic mass is 10.0. The number of aryl methyl sites for hydroxylation is 1. The molecule has 1 aromatic rings. The summed E-state index contributed by atoms with van der Waals surface area (Å²) in [5, 5.41) is 3.53. The lowest BCUT2D eigenvalue weighted by Crippen LogP contribution is -2.44. The van der Waals surface area contributed by atoms with E-state index in [9.17, 15) is 0 Å². The van der Waals surface area contributed by atoms with E-state index in [4.69, 9.17) is 12.2 Å². The van der Waals surface area contributed by atoms with E-state index in [1.165, 1.54) is 18.4 Å². The first-order valence-corrected chi connectivity index (χ1v) is 7.49. The van der Waals surface area contributed by atoms with Crippen LogP contribution in [0.5, 0.6) is 0 Å². The molecule has 0 atom stereocenters. The van der Waals surface area contributed by atoms with Crippen LogP contribution in [0.2, 0.25) is 0 Å². The minimum absolute atomic E-state index is 0.521. The van der Waals surface area contributed by atoms with E-state index in [0.717, 1.165) is 36.6 Å². The highest BCUT2D eigenvalue weighted by atomic mass is 32.1. The van der Waals surface area contributed by atoms with Crippen molar-refractivity contribution in [1.82, 2.24) is 10.2 Å². The third-order valence-electron chi connectivity index (χ3n) is 3.79. The lowest BCUT2D eigenvalue weighted by Gasteiger charge is -2.32. The summed E-state index contributed by atoms with van der Waals surface area (Å²) >= 11 is 5.53. The molecule has 0 unspecified atom stereocenters. The maximum atomic E-state index is 5.53. The van der Waals surface area contributed by atoms with Gasteiger partial charge in [0.05, 0.1) is 0 Å². The fourth-order valence-electron chi connectivity index (χ4n) is 2.62. The molecule has 1 aromatic carbocycles. The molecule has 2 nitrogen and oxygen atoms in total. The number of benzene rings is 1. The van der Waals surface area contributed by atoms with Crippen LogP contribution in [0.15, 0.2) is 24.3 Å². The second-order valence-electron chi connectivity index (χ2n) is 5.26. The number of piperidine rings is 1. The van der Waals surface area contributed by atoms with Crippen LogP contribution in [0.1, 0.15) is 30.4 Å². The molecule has 1 aliphatic rings. The Labute approximate surface area is 122 Å². The fraction of sp³-hybridized carbons (Fsp3) is 0.500. The summed E-state index contributed by atoms with van der Waals surface area (Å²) in [6.45, 7) is 9.46. The quantitative estimate of drug-likeness (QED) is 0.851. The van der Waals surface area contributed by atoms with Crippen molar-refractivity contribution in [3.63, 3.8) is 0 Å². The van der Waals surface area contributed by atoms with Crippen LogP contribution in [-0.4, -0.2) is 35.6 Å². The van der Waals surface area contributed by atoms with Gasteiger partial charge in [0.15, 0.2) is 0 Å². The predicted molar refractivity (Wildman–Crippen MR) is 85.5 cm³/mol. The van der Waals surface area contributed by atoms with E-state index < -0.39 is 0 Å². The topological polar surface area (TPSA) is 15.3 Å². The number of nitrogens with zero attached hydrogens (tertiary/aromatic N) is 1. The Balaban J connectivity index is 1.86. The summed E-state index contributed by atoms with van der Waals surface area (Å²) in [6, 6.07) is 8.84. The average molecular weight is 275 g/mol. The summed E-state index contributed by atoms with van der Waals surface area (Å²) in [6.07, 6.45) is 3.34. The van der Waals surface area contributed by atoms with Gasteiger partial charge in [0.2, 0.25) is 0 Å². The maximum absolute atomic E-state index is 5.53. The first-order chi connectivity index (χ1) is 9.20. The van der Waals surface area contributed by atoms with Gasteiger partial charge in [0, 0.05) is 24.7 Å². The molecule has 2 rings (SSSR count). The Kier molecular flexibility index (Phi) is 5.34. The van der Waals surface area contributed by atoms with Gasteiger partial charge in [0.25, 0.3) is 0 Å². The van der Waals surface area contributed by atoms with Crippen LogP contribution in [0.25, 0.3) is 0 Å². The van der Waals surface area contributed by atoms with Gasteiger partial charge >= 0.3 is 0 Å². The molecule has 1 radical (unpaired) electrons. The molecule has 0 aromatic heterocycles. The van der Waals surface area contributed by atoms with E-state index >= 15 is 0 Å². The smallest absolute Gasteiger partial charge is 0.107 e. The number of hydrogen-bond acceptors (Lipinski definition) is 2. The molecule has 19 heavy (non-hydrogen) atoms. The lowest BCUT2D eigenvalue weighted by molar-refractivity contribution is 0.210. The zero-order valence-corrected chi connectivity index (χ0v) is 12.5. The fourth-order valence-corrected chi connectivity index (χ4v) is 3.01. The van der Waals surface area contributed by atoms with Crippen LogP contribution in [-0.2, 0) is 0 Å². The molecule has 0 bridgehead atoms. The monoisotopic (exact) mass is 275 g/mol. The van der Waals surface area contributed by atoms with Crippen molar-refractivity contribution in [2.45, 2.75) is 32.2 Å². The average Bonchev–Trinajstić information content (AvgIpc) is 2.42. The number of likely N-dealkylation sites (tertiary alicyclic amines) is 1. The van der Waals surface area contributed by atoms with E-state index in [-0.39, 0.29) is 0 Å². The summed E-state index contributed by atoms with van der Waals surface area (Å²) < 4.78 is 0. The largest absolute Gasteiger partial charge is 0.373 e. The first kappa shape index (κ1) is 14.5. The summed E-state index contributed by atoms with van der Waals surface area (Å²) in [7, 11) is 0. The minimum atomic E-state index is 0.521. The van der Waals surface area contributed by atoms with Crippen molar-refractivity contribution < 1.29 is 0 Å². The molecule has 103 valence electrons. The Morgan fingerprint density at radius 2 is 2.05 bits per heavy atom. The van der Waals surface area contributed by atoms with Gasteiger partial charge in [-0.1, -0.05) is 43.4 Å². The Morgan fingerprint density at radius 1 is 1.37 bits per heavy atom. The van der Waals surface area contributed by atoms with E-state index in [0.29, 0.717) is 6.04 Å². The van der Waals surface area contributed by atoms with Gasteiger partial charge in [-0.3, -0.25) is 0 Å². The van der Waals surface area contributed by atoms with Crippen LogP contribution in [0, 0.1) is 13.8 Å². The SMILES string of the molecule is [CH2]CCN1CCC(NC(=S)c2ccccc2C)CC1. The summed E-state index contributed by atoms with van der Waals surface area (Å²) in [4.78, 5) is 3.39. The van der Waals surface area contributed by atoms with Crippen LogP contribution < -0.4 is 5.32 Å².